The number of rotatable bonds is 5. The molecule has 25 heavy (non-hydrogen) atoms. The van der Waals surface area contributed by atoms with Gasteiger partial charge in [0.25, 0.3) is 5.91 Å². The molecule has 2 aromatic heterocycles. The van der Waals surface area contributed by atoms with Gasteiger partial charge in [-0.2, -0.15) is 0 Å². The number of nitrogens with two attached hydrogens (primary N) is 1. The predicted octanol–water partition coefficient (Wildman–Crippen LogP) is 4.93. The molecule has 5 nitrogen and oxygen atoms in total. The highest BCUT2D eigenvalue weighted by atomic mass is 35.5. The summed E-state index contributed by atoms with van der Waals surface area (Å²) < 4.78 is 7.52. The Labute approximate surface area is 155 Å². The maximum Gasteiger partial charge on any atom is 0.250 e. The maximum absolute atomic E-state index is 11.7. The van der Waals surface area contributed by atoms with Gasteiger partial charge in [0, 0.05) is 28.9 Å². The molecule has 3 rings (SSSR count). The summed E-state index contributed by atoms with van der Waals surface area (Å²) in [6, 6.07) is 8.72. The molecule has 1 amide bonds. The minimum absolute atomic E-state index is 0.464. The number of benzene rings is 1. The standard InChI is InChI=1S/C18H17Cl2N3O2/c1-3-6-23-10(2)13(18(21)24)8-16(23)17-9-15(22-25-17)12-5-4-11(19)7-14(12)20/h4-5,7-9H,3,6H2,1-2H3,(H2,21,24). The second-order valence-electron chi connectivity index (χ2n) is 5.75. The van der Waals surface area contributed by atoms with Crippen LogP contribution in [0.2, 0.25) is 10.0 Å². The fourth-order valence-electron chi connectivity index (χ4n) is 2.83. The minimum atomic E-state index is -0.464. The molecule has 0 spiro atoms. The molecule has 0 saturated heterocycles. The van der Waals surface area contributed by atoms with Crippen molar-refractivity contribution in [3.8, 4) is 22.7 Å². The van der Waals surface area contributed by atoms with Crippen LogP contribution in [0.4, 0.5) is 0 Å². The summed E-state index contributed by atoms with van der Waals surface area (Å²) in [4.78, 5) is 11.7. The summed E-state index contributed by atoms with van der Waals surface area (Å²) in [5.41, 5.74) is 8.84. The van der Waals surface area contributed by atoms with E-state index in [9.17, 15) is 4.79 Å². The van der Waals surface area contributed by atoms with Gasteiger partial charge in [-0.3, -0.25) is 4.79 Å². The topological polar surface area (TPSA) is 74.1 Å². The fraction of sp³-hybridized carbons (Fsp3) is 0.222. The Kier molecular flexibility index (Phi) is 4.88. The van der Waals surface area contributed by atoms with E-state index in [1.54, 1.807) is 30.3 Å². The number of aromatic nitrogens is 2. The SMILES string of the molecule is CCCn1c(-c2cc(-c3ccc(Cl)cc3Cl)no2)cc(C(N)=O)c1C. The zero-order valence-corrected chi connectivity index (χ0v) is 15.4. The largest absolute Gasteiger partial charge is 0.366 e. The highest BCUT2D eigenvalue weighted by Crippen LogP contribution is 2.33. The lowest BCUT2D eigenvalue weighted by Crippen LogP contribution is -2.12. The first kappa shape index (κ1) is 17.6. The van der Waals surface area contributed by atoms with Gasteiger partial charge in [0.15, 0.2) is 5.76 Å². The molecule has 0 saturated carbocycles. The van der Waals surface area contributed by atoms with Gasteiger partial charge in [0.05, 0.1) is 16.3 Å². The van der Waals surface area contributed by atoms with Crippen molar-refractivity contribution in [3.63, 3.8) is 0 Å². The van der Waals surface area contributed by atoms with E-state index in [4.69, 9.17) is 33.5 Å². The fourth-order valence-corrected chi connectivity index (χ4v) is 3.34. The number of amides is 1. The summed E-state index contributed by atoms with van der Waals surface area (Å²) in [5, 5.41) is 5.15. The molecule has 1 aromatic carbocycles. The van der Waals surface area contributed by atoms with Crippen LogP contribution in [0.1, 0.15) is 29.4 Å². The third kappa shape index (κ3) is 3.30. The van der Waals surface area contributed by atoms with Crippen LogP contribution in [0.5, 0.6) is 0 Å². The van der Waals surface area contributed by atoms with Crippen LogP contribution in [-0.4, -0.2) is 15.6 Å². The Balaban J connectivity index is 2.08. The molecule has 3 aromatic rings. The zero-order valence-electron chi connectivity index (χ0n) is 13.8. The first-order chi connectivity index (χ1) is 11.9. The molecular formula is C18H17Cl2N3O2. The monoisotopic (exact) mass is 377 g/mol. The van der Waals surface area contributed by atoms with Crippen LogP contribution in [0.15, 0.2) is 34.9 Å². The molecule has 0 bridgehead atoms. The lowest BCUT2D eigenvalue weighted by atomic mass is 10.1. The van der Waals surface area contributed by atoms with Crippen LogP contribution in [0.3, 0.4) is 0 Å². The molecule has 0 aliphatic heterocycles. The van der Waals surface area contributed by atoms with E-state index < -0.39 is 5.91 Å². The lowest BCUT2D eigenvalue weighted by Gasteiger charge is -2.08. The van der Waals surface area contributed by atoms with Crippen molar-refractivity contribution in [2.45, 2.75) is 26.8 Å². The van der Waals surface area contributed by atoms with Gasteiger partial charge in [-0.1, -0.05) is 35.3 Å². The normalized spacial score (nSPS) is 11.0. The van der Waals surface area contributed by atoms with Crippen molar-refractivity contribution in [3.05, 3.63) is 51.6 Å². The molecule has 2 N–H and O–H groups in total. The van der Waals surface area contributed by atoms with Gasteiger partial charge in [-0.25, -0.2) is 0 Å². The van der Waals surface area contributed by atoms with Crippen molar-refractivity contribution < 1.29 is 9.32 Å². The molecule has 0 aliphatic rings. The molecule has 0 aliphatic carbocycles. The first-order valence-corrected chi connectivity index (χ1v) is 8.60. The zero-order chi connectivity index (χ0) is 18.1. The molecule has 0 atom stereocenters. The third-order valence-corrected chi connectivity index (χ3v) is 4.60. The van der Waals surface area contributed by atoms with E-state index in [0.717, 1.165) is 29.9 Å². The average molecular weight is 378 g/mol. The summed E-state index contributed by atoms with van der Waals surface area (Å²) >= 11 is 12.2. The van der Waals surface area contributed by atoms with Crippen LogP contribution in [0, 0.1) is 6.92 Å². The van der Waals surface area contributed by atoms with Gasteiger partial charge in [0.2, 0.25) is 0 Å². The Morgan fingerprint density at radius 2 is 2.04 bits per heavy atom. The quantitative estimate of drug-likeness (QED) is 0.684. The Hall–Kier alpha value is -2.24. The number of halogens is 2. The molecule has 0 unspecified atom stereocenters. The molecule has 2 heterocycles. The van der Waals surface area contributed by atoms with E-state index in [1.165, 1.54) is 0 Å². The van der Waals surface area contributed by atoms with E-state index in [-0.39, 0.29) is 0 Å². The number of carbonyl (C=O) groups excluding carboxylic acids is 1. The second-order valence-corrected chi connectivity index (χ2v) is 6.59. The molecule has 130 valence electrons. The van der Waals surface area contributed by atoms with Crippen molar-refractivity contribution in [2.75, 3.05) is 0 Å². The van der Waals surface area contributed by atoms with Crippen LogP contribution < -0.4 is 5.73 Å². The highest BCUT2D eigenvalue weighted by molar-refractivity contribution is 6.36. The van der Waals surface area contributed by atoms with Gasteiger partial charge in [0.1, 0.15) is 5.69 Å². The third-order valence-electron chi connectivity index (χ3n) is 4.05. The maximum atomic E-state index is 11.7. The number of carbonyl (C=O) groups is 1. The van der Waals surface area contributed by atoms with Gasteiger partial charge >= 0.3 is 0 Å². The Morgan fingerprint density at radius 3 is 2.68 bits per heavy atom. The van der Waals surface area contributed by atoms with E-state index >= 15 is 0 Å². The van der Waals surface area contributed by atoms with Crippen LogP contribution >= 0.6 is 23.2 Å². The molecule has 0 fully saturated rings. The van der Waals surface area contributed by atoms with Crippen molar-refractivity contribution >= 4 is 29.1 Å². The predicted molar refractivity (Wildman–Crippen MR) is 98.9 cm³/mol. The Morgan fingerprint density at radius 1 is 1.28 bits per heavy atom. The lowest BCUT2D eigenvalue weighted by molar-refractivity contribution is 0.0999. The summed E-state index contributed by atoms with van der Waals surface area (Å²) in [6.45, 7) is 4.67. The smallest absolute Gasteiger partial charge is 0.250 e. The summed E-state index contributed by atoms with van der Waals surface area (Å²) in [6.07, 6.45) is 0.907. The number of hydrogen-bond acceptors (Lipinski definition) is 3. The van der Waals surface area contributed by atoms with Crippen LogP contribution in [-0.2, 0) is 6.54 Å². The number of nitrogens with zero attached hydrogens (tertiary/aromatic N) is 2. The minimum Gasteiger partial charge on any atom is -0.366 e. The van der Waals surface area contributed by atoms with E-state index in [1.807, 2.05) is 11.5 Å². The van der Waals surface area contributed by atoms with Gasteiger partial charge in [-0.15, -0.1) is 0 Å². The molecule has 7 heteroatoms. The number of primary amides is 1. The van der Waals surface area contributed by atoms with Crippen molar-refractivity contribution in [1.82, 2.24) is 9.72 Å². The van der Waals surface area contributed by atoms with Crippen molar-refractivity contribution in [2.24, 2.45) is 5.73 Å². The van der Waals surface area contributed by atoms with Crippen LogP contribution in [0.25, 0.3) is 22.7 Å². The second kappa shape index (κ2) is 6.94. The summed E-state index contributed by atoms with van der Waals surface area (Å²) in [7, 11) is 0. The highest BCUT2D eigenvalue weighted by Gasteiger charge is 2.20. The van der Waals surface area contributed by atoms with Crippen molar-refractivity contribution in [1.29, 1.82) is 0 Å². The van der Waals surface area contributed by atoms with E-state index in [2.05, 4.69) is 12.1 Å². The Bertz CT molecular complexity index is 944. The average Bonchev–Trinajstić information content (AvgIpc) is 3.14. The van der Waals surface area contributed by atoms with E-state index in [0.29, 0.717) is 27.1 Å². The molecular weight excluding hydrogens is 361 g/mol. The van der Waals surface area contributed by atoms with Gasteiger partial charge in [-0.05, 0) is 37.6 Å². The number of hydrogen-bond donors (Lipinski definition) is 1. The molecule has 0 radical (unpaired) electrons. The van der Waals surface area contributed by atoms with Gasteiger partial charge < -0.3 is 14.8 Å². The first-order valence-electron chi connectivity index (χ1n) is 7.84. The summed E-state index contributed by atoms with van der Waals surface area (Å²) in [5.74, 6) is 0.0826.